The largest absolute Gasteiger partial charge is 0.573 e. The first-order valence-electron chi connectivity index (χ1n) is 9.37. The molecule has 2 aromatic carbocycles. The molecular formula is C20H14F3N3O8. The molecule has 1 heterocycles. The molecule has 1 N–H and O–H groups in total. The van der Waals surface area contributed by atoms with Gasteiger partial charge >= 0.3 is 12.3 Å². The second-order valence-corrected chi connectivity index (χ2v) is 6.85. The van der Waals surface area contributed by atoms with Crippen molar-refractivity contribution in [1.29, 1.82) is 0 Å². The van der Waals surface area contributed by atoms with Crippen molar-refractivity contribution in [2.45, 2.75) is 19.4 Å². The van der Waals surface area contributed by atoms with Crippen molar-refractivity contribution in [2.75, 3.05) is 11.9 Å². The van der Waals surface area contributed by atoms with Crippen LogP contribution in [0.3, 0.4) is 0 Å². The highest BCUT2D eigenvalue weighted by Crippen LogP contribution is 2.30. The number of halogens is 3. The number of benzene rings is 2. The fourth-order valence-electron chi connectivity index (χ4n) is 3.01. The second kappa shape index (κ2) is 9.17. The number of nitro benzene ring substituents is 1. The molecule has 3 amide bonds. The molecule has 0 radical (unpaired) electrons. The van der Waals surface area contributed by atoms with E-state index < -0.39 is 64.6 Å². The predicted molar refractivity (Wildman–Crippen MR) is 106 cm³/mol. The van der Waals surface area contributed by atoms with Crippen molar-refractivity contribution < 1.29 is 46.7 Å². The first-order valence-corrected chi connectivity index (χ1v) is 9.37. The van der Waals surface area contributed by atoms with Crippen molar-refractivity contribution >= 4 is 35.1 Å². The van der Waals surface area contributed by atoms with E-state index in [9.17, 15) is 42.5 Å². The lowest BCUT2D eigenvalue weighted by atomic mass is 10.1. The Kier molecular flexibility index (Phi) is 6.51. The summed E-state index contributed by atoms with van der Waals surface area (Å²) < 4.78 is 45.2. The van der Waals surface area contributed by atoms with Crippen LogP contribution in [-0.2, 0) is 14.3 Å². The summed E-state index contributed by atoms with van der Waals surface area (Å²) in [6, 6.07) is 7.63. The molecule has 3 rings (SSSR count). The third-order valence-corrected chi connectivity index (χ3v) is 4.49. The summed E-state index contributed by atoms with van der Waals surface area (Å²) in [5.74, 6) is -4.49. The van der Waals surface area contributed by atoms with Gasteiger partial charge in [-0.15, -0.1) is 13.2 Å². The van der Waals surface area contributed by atoms with Gasteiger partial charge in [0.25, 0.3) is 23.4 Å². The molecule has 14 heteroatoms. The lowest BCUT2D eigenvalue weighted by Crippen LogP contribution is -2.38. The number of alkyl halides is 3. The van der Waals surface area contributed by atoms with E-state index in [0.29, 0.717) is 4.90 Å². The highest BCUT2D eigenvalue weighted by Gasteiger charge is 2.42. The van der Waals surface area contributed by atoms with E-state index in [1.54, 1.807) is 0 Å². The number of carbonyl (C=O) groups is 4. The number of nitrogens with zero attached hydrogens (tertiary/aromatic N) is 2. The number of amides is 3. The Morgan fingerprint density at radius 1 is 1.12 bits per heavy atom. The van der Waals surface area contributed by atoms with Crippen LogP contribution >= 0.6 is 0 Å². The fourth-order valence-corrected chi connectivity index (χ4v) is 3.01. The second-order valence-electron chi connectivity index (χ2n) is 6.85. The normalized spacial score (nSPS) is 13.8. The van der Waals surface area contributed by atoms with Crippen LogP contribution in [0.15, 0.2) is 42.5 Å². The van der Waals surface area contributed by atoms with E-state index in [-0.39, 0.29) is 11.3 Å². The quantitative estimate of drug-likeness (QED) is 0.275. The highest BCUT2D eigenvalue weighted by molar-refractivity contribution is 6.24. The van der Waals surface area contributed by atoms with Crippen molar-refractivity contribution in [1.82, 2.24) is 4.90 Å². The summed E-state index contributed by atoms with van der Waals surface area (Å²) in [7, 11) is 0. The summed E-state index contributed by atoms with van der Waals surface area (Å²) in [4.78, 5) is 60.0. The van der Waals surface area contributed by atoms with Gasteiger partial charge in [-0.1, -0.05) is 6.07 Å². The van der Waals surface area contributed by atoms with Crippen LogP contribution in [-0.4, -0.2) is 52.5 Å². The van der Waals surface area contributed by atoms with Gasteiger partial charge in [0.05, 0.1) is 10.5 Å². The lowest BCUT2D eigenvalue weighted by Gasteiger charge is -2.17. The van der Waals surface area contributed by atoms with E-state index in [1.807, 2.05) is 0 Å². The van der Waals surface area contributed by atoms with Gasteiger partial charge in [-0.2, -0.15) is 0 Å². The number of hydrogen-bond donors (Lipinski definition) is 1. The third kappa shape index (κ3) is 5.28. The van der Waals surface area contributed by atoms with Gasteiger partial charge in [0, 0.05) is 11.8 Å². The van der Waals surface area contributed by atoms with Crippen LogP contribution < -0.4 is 10.1 Å². The van der Waals surface area contributed by atoms with Crippen LogP contribution in [0.5, 0.6) is 5.75 Å². The molecule has 0 saturated carbocycles. The number of esters is 1. The monoisotopic (exact) mass is 481 g/mol. The number of imide groups is 1. The molecule has 0 saturated heterocycles. The number of rotatable bonds is 7. The highest BCUT2D eigenvalue weighted by atomic mass is 19.4. The molecule has 0 fully saturated rings. The minimum atomic E-state index is -4.88. The maximum Gasteiger partial charge on any atom is 0.573 e. The van der Waals surface area contributed by atoms with Crippen molar-refractivity contribution in [2.24, 2.45) is 0 Å². The molecule has 0 bridgehead atoms. The molecule has 178 valence electrons. The summed E-state index contributed by atoms with van der Waals surface area (Å²) in [5, 5.41) is 13.4. The molecule has 2 aromatic rings. The van der Waals surface area contributed by atoms with Crippen molar-refractivity contribution in [3.05, 3.63) is 63.7 Å². The average Bonchev–Trinajstić information content (AvgIpc) is 2.98. The van der Waals surface area contributed by atoms with Gasteiger partial charge in [-0.3, -0.25) is 34.2 Å². The van der Waals surface area contributed by atoms with E-state index >= 15 is 0 Å². The van der Waals surface area contributed by atoms with Crippen molar-refractivity contribution in [3.63, 3.8) is 0 Å². The van der Waals surface area contributed by atoms with Crippen LogP contribution in [0.4, 0.5) is 24.5 Å². The molecule has 0 aromatic heterocycles. The minimum absolute atomic E-state index is 0.0788. The molecule has 1 atom stereocenters. The van der Waals surface area contributed by atoms with Crippen LogP contribution in [0, 0.1) is 10.1 Å². The number of nitrogens with one attached hydrogen (secondary N) is 1. The zero-order valence-corrected chi connectivity index (χ0v) is 17.1. The maximum absolute atomic E-state index is 12.5. The zero-order valence-electron chi connectivity index (χ0n) is 17.1. The average molecular weight is 481 g/mol. The predicted octanol–water partition coefficient (Wildman–Crippen LogP) is 2.66. The fraction of sp³-hybridized carbons (Fsp3) is 0.200. The third-order valence-electron chi connectivity index (χ3n) is 4.49. The summed E-state index contributed by atoms with van der Waals surface area (Å²) in [5.41, 5.74) is -1.20. The molecule has 1 unspecified atom stereocenters. The van der Waals surface area contributed by atoms with E-state index in [4.69, 9.17) is 4.74 Å². The van der Waals surface area contributed by atoms with Gasteiger partial charge < -0.3 is 14.8 Å². The molecular weight excluding hydrogens is 467 g/mol. The van der Waals surface area contributed by atoms with E-state index in [1.165, 1.54) is 19.1 Å². The first-order chi connectivity index (χ1) is 15.9. The standard InChI is InChI=1S/C20H14F3N3O8/c1-10(17(28)24-11-5-7-12(8-6-11)34-20(21,22)23)33-15(27)9-25-18(29)13-3-2-4-14(26(31)32)16(13)19(25)30/h2-8,10H,9H2,1H3,(H,24,28). The molecule has 1 aliphatic heterocycles. The van der Waals surface area contributed by atoms with Gasteiger partial charge in [0.15, 0.2) is 6.10 Å². The smallest absolute Gasteiger partial charge is 0.451 e. The zero-order chi connectivity index (χ0) is 25.2. The molecule has 11 nitrogen and oxygen atoms in total. The van der Waals surface area contributed by atoms with E-state index in [2.05, 4.69) is 10.1 Å². The first kappa shape index (κ1) is 24.2. The number of carbonyl (C=O) groups excluding carboxylic acids is 4. The van der Waals surface area contributed by atoms with Gasteiger partial charge in [-0.25, -0.2) is 0 Å². The Bertz CT molecular complexity index is 1180. The topological polar surface area (TPSA) is 145 Å². The Labute approximate surface area is 188 Å². The number of nitro groups is 1. The Balaban J connectivity index is 1.59. The lowest BCUT2D eigenvalue weighted by molar-refractivity contribution is -0.385. The minimum Gasteiger partial charge on any atom is -0.451 e. The summed E-state index contributed by atoms with van der Waals surface area (Å²) >= 11 is 0. The number of hydrogen-bond acceptors (Lipinski definition) is 8. The Morgan fingerprint density at radius 2 is 1.76 bits per heavy atom. The van der Waals surface area contributed by atoms with E-state index in [0.717, 1.165) is 30.3 Å². The van der Waals surface area contributed by atoms with Crippen LogP contribution in [0.2, 0.25) is 0 Å². The summed E-state index contributed by atoms with van der Waals surface area (Å²) in [6.45, 7) is 0.284. The Morgan fingerprint density at radius 3 is 2.35 bits per heavy atom. The van der Waals surface area contributed by atoms with Crippen molar-refractivity contribution in [3.8, 4) is 5.75 Å². The van der Waals surface area contributed by atoms with Gasteiger partial charge in [-0.05, 0) is 37.3 Å². The molecule has 1 aliphatic rings. The molecule has 0 aliphatic carbocycles. The van der Waals surface area contributed by atoms with Crippen LogP contribution in [0.1, 0.15) is 27.6 Å². The SMILES string of the molecule is CC(OC(=O)CN1C(=O)c2cccc([N+](=O)[O-])c2C1=O)C(=O)Nc1ccc(OC(F)(F)F)cc1. The molecule has 34 heavy (non-hydrogen) atoms. The number of ether oxygens (including phenoxy) is 2. The number of fused-ring (bicyclic) bond motifs is 1. The molecule has 0 spiro atoms. The Hall–Kier alpha value is -4.49. The maximum atomic E-state index is 12.5. The van der Waals surface area contributed by atoms with Gasteiger partial charge in [0.1, 0.15) is 17.9 Å². The number of anilines is 1. The van der Waals surface area contributed by atoms with Gasteiger partial charge in [0.2, 0.25) is 0 Å². The van der Waals surface area contributed by atoms with Crippen LogP contribution in [0.25, 0.3) is 0 Å². The summed E-state index contributed by atoms with van der Waals surface area (Å²) in [6.07, 6.45) is -6.29.